The van der Waals surface area contributed by atoms with E-state index in [0.717, 1.165) is 11.1 Å². The van der Waals surface area contributed by atoms with Crippen LogP contribution in [0.3, 0.4) is 0 Å². The zero-order valence-corrected chi connectivity index (χ0v) is 17.4. The van der Waals surface area contributed by atoms with E-state index in [1.165, 1.54) is 0 Å². The normalized spacial score (nSPS) is 9.97. The number of benzene rings is 2. The van der Waals surface area contributed by atoms with E-state index in [1.807, 2.05) is 6.07 Å². The summed E-state index contributed by atoms with van der Waals surface area (Å²) >= 11 is 0. The van der Waals surface area contributed by atoms with Gasteiger partial charge in [0, 0.05) is 18.2 Å². The maximum Gasteiger partial charge on any atom is 0.203 e. The third kappa shape index (κ3) is 6.21. The standard InChI is InChI=1S/C22H26O7/c1-23-10-11-28-15-29-19-12-16(8-9-18(19)24-2)6-7-17-13-20(25-3)22(27-5)21(14-17)26-4/h8-9,12-14H,10-11,15H2,1-5H3. The van der Waals surface area contributed by atoms with Gasteiger partial charge in [-0.2, -0.15) is 0 Å². The molecule has 0 aliphatic heterocycles. The molecule has 0 aromatic heterocycles. The van der Waals surface area contributed by atoms with Crippen molar-refractivity contribution in [3.8, 4) is 40.6 Å². The van der Waals surface area contributed by atoms with Gasteiger partial charge in [-0.25, -0.2) is 0 Å². The molecule has 0 aliphatic carbocycles. The Bertz CT molecular complexity index is 827. The van der Waals surface area contributed by atoms with Gasteiger partial charge in [-0.3, -0.25) is 0 Å². The quantitative estimate of drug-likeness (QED) is 0.344. The molecule has 0 atom stereocenters. The van der Waals surface area contributed by atoms with Crippen LogP contribution in [-0.4, -0.2) is 55.6 Å². The zero-order chi connectivity index (χ0) is 21.1. The second-order valence-corrected chi connectivity index (χ2v) is 5.69. The van der Waals surface area contributed by atoms with Crippen LogP contribution in [0.5, 0.6) is 28.7 Å². The van der Waals surface area contributed by atoms with E-state index in [-0.39, 0.29) is 6.79 Å². The predicted octanol–water partition coefficient (Wildman–Crippen LogP) is 3.12. The van der Waals surface area contributed by atoms with Crippen LogP contribution in [0.2, 0.25) is 0 Å². The van der Waals surface area contributed by atoms with Crippen molar-refractivity contribution in [3.05, 3.63) is 41.5 Å². The number of ether oxygens (including phenoxy) is 7. The topological polar surface area (TPSA) is 64.6 Å². The predicted molar refractivity (Wildman–Crippen MR) is 108 cm³/mol. The maximum atomic E-state index is 5.64. The van der Waals surface area contributed by atoms with Gasteiger partial charge >= 0.3 is 0 Å². The lowest BCUT2D eigenvalue weighted by molar-refractivity contribution is -0.00945. The summed E-state index contributed by atoms with van der Waals surface area (Å²) in [5.74, 6) is 8.96. The van der Waals surface area contributed by atoms with Crippen LogP contribution in [-0.2, 0) is 9.47 Å². The molecule has 0 saturated heterocycles. The van der Waals surface area contributed by atoms with E-state index in [0.29, 0.717) is 42.0 Å². The molecule has 2 aromatic carbocycles. The van der Waals surface area contributed by atoms with Crippen molar-refractivity contribution in [1.29, 1.82) is 0 Å². The summed E-state index contributed by atoms with van der Waals surface area (Å²) < 4.78 is 37.3. The van der Waals surface area contributed by atoms with Gasteiger partial charge in [0.05, 0.1) is 41.7 Å². The van der Waals surface area contributed by atoms with Gasteiger partial charge in [0.1, 0.15) is 0 Å². The lowest BCUT2D eigenvalue weighted by atomic mass is 10.1. The first kappa shape index (κ1) is 22.2. The summed E-state index contributed by atoms with van der Waals surface area (Å²) in [7, 11) is 7.88. The Hall–Kier alpha value is -3.08. The second kappa shape index (κ2) is 11.7. The Labute approximate surface area is 171 Å². The molecule has 7 nitrogen and oxygen atoms in total. The Morgan fingerprint density at radius 2 is 1.28 bits per heavy atom. The van der Waals surface area contributed by atoms with E-state index in [9.17, 15) is 0 Å². The summed E-state index contributed by atoms with van der Waals surface area (Å²) in [6.07, 6.45) is 0. The lowest BCUT2D eigenvalue weighted by Crippen LogP contribution is -2.08. The molecule has 0 unspecified atom stereocenters. The highest BCUT2D eigenvalue weighted by atomic mass is 16.7. The van der Waals surface area contributed by atoms with Crippen molar-refractivity contribution in [2.45, 2.75) is 0 Å². The molecule has 0 fully saturated rings. The molecule has 0 amide bonds. The summed E-state index contributed by atoms with van der Waals surface area (Å²) in [4.78, 5) is 0. The van der Waals surface area contributed by atoms with Crippen molar-refractivity contribution in [2.75, 3.05) is 55.6 Å². The molecule has 0 N–H and O–H groups in total. The molecule has 0 saturated carbocycles. The van der Waals surface area contributed by atoms with Crippen molar-refractivity contribution in [3.63, 3.8) is 0 Å². The van der Waals surface area contributed by atoms with Crippen molar-refractivity contribution < 1.29 is 33.2 Å². The number of rotatable bonds is 10. The van der Waals surface area contributed by atoms with Crippen LogP contribution in [0.15, 0.2) is 30.3 Å². The number of hydrogen-bond donors (Lipinski definition) is 0. The summed E-state index contributed by atoms with van der Waals surface area (Å²) in [6, 6.07) is 9.02. The molecule has 29 heavy (non-hydrogen) atoms. The van der Waals surface area contributed by atoms with Crippen LogP contribution in [0.4, 0.5) is 0 Å². The van der Waals surface area contributed by atoms with Gasteiger partial charge < -0.3 is 33.2 Å². The molecule has 7 heteroatoms. The SMILES string of the molecule is COCCOCOc1cc(C#Cc2cc(OC)c(OC)c(OC)c2)ccc1OC. The molecule has 0 spiro atoms. The van der Waals surface area contributed by atoms with Crippen LogP contribution in [0.1, 0.15) is 11.1 Å². The Balaban J connectivity index is 2.22. The Kier molecular flexibility index (Phi) is 8.96. The highest BCUT2D eigenvalue weighted by molar-refractivity contribution is 5.58. The van der Waals surface area contributed by atoms with Gasteiger partial charge in [0.2, 0.25) is 5.75 Å². The molecule has 0 radical (unpaired) electrons. The number of hydrogen-bond acceptors (Lipinski definition) is 7. The zero-order valence-electron chi connectivity index (χ0n) is 17.4. The van der Waals surface area contributed by atoms with Gasteiger partial charge in [0.15, 0.2) is 29.8 Å². The van der Waals surface area contributed by atoms with Crippen LogP contribution in [0.25, 0.3) is 0 Å². The molecule has 156 valence electrons. The highest BCUT2D eigenvalue weighted by Crippen LogP contribution is 2.38. The van der Waals surface area contributed by atoms with Crippen LogP contribution >= 0.6 is 0 Å². The Morgan fingerprint density at radius 3 is 1.86 bits per heavy atom. The molecule has 2 aromatic rings. The molecule has 2 rings (SSSR count). The van der Waals surface area contributed by atoms with Crippen molar-refractivity contribution in [1.82, 2.24) is 0 Å². The minimum absolute atomic E-state index is 0.0868. The Morgan fingerprint density at radius 1 is 0.655 bits per heavy atom. The molecule has 0 heterocycles. The summed E-state index contributed by atoms with van der Waals surface area (Å²) in [5.41, 5.74) is 1.48. The van der Waals surface area contributed by atoms with Crippen molar-refractivity contribution in [2.24, 2.45) is 0 Å². The van der Waals surface area contributed by atoms with Crippen molar-refractivity contribution >= 4 is 0 Å². The van der Waals surface area contributed by atoms with E-state index in [4.69, 9.17) is 33.2 Å². The van der Waals surface area contributed by atoms with E-state index >= 15 is 0 Å². The average Bonchev–Trinajstić information content (AvgIpc) is 2.76. The lowest BCUT2D eigenvalue weighted by Gasteiger charge is -2.12. The molecule has 0 aliphatic rings. The first-order valence-electron chi connectivity index (χ1n) is 8.86. The minimum Gasteiger partial charge on any atom is -0.493 e. The summed E-state index contributed by atoms with van der Waals surface area (Å²) in [5, 5.41) is 0. The smallest absolute Gasteiger partial charge is 0.203 e. The molecular formula is C22H26O7. The summed E-state index contributed by atoms with van der Waals surface area (Å²) in [6.45, 7) is 1.03. The number of methoxy groups -OCH3 is 5. The fourth-order valence-corrected chi connectivity index (χ4v) is 2.47. The minimum atomic E-state index is 0.0868. The maximum absolute atomic E-state index is 5.64. The highest BCUT2D eigenvalue weighted by Gasteiger charge is 2.12. The largest absolute Gasteiger partial charge is 0.493 e. The third-order valence-electron chi connectivity index (χ3n) is 3.91. The van der Waals surface area contributed by atoms with E-state index in [1.54, 1.807) is 59.8 Å². The molecule has 0 bridgehead atoms. The van der Waals surface area contributed by atoms with Gasteiger partial charge in [0.25, 0.3) is 0 Å². The first-order valence-corrected chi connectivity index (χ1v) is 8.86. The first-order chi connectivity index (χ1) is 14.2. The van der Waals surface area contributed by atoms with Gasteiger partial charge in [-0.1, -0.05) is 11.8 Å². The van der Waals surface area contributed by atoms with E-state index in [2.05, 4.69) is 11.8 Å². The monoisotopic (exact) mass is 402 g/mol. The average molecular weight is 402 g/mol. The third-order valence-corrected chi connectivity index (χ3v) is 3.91. The van der Waals surface area contributed by atoms with E-state index < -0.39 is 0 Å². The van der Waals surface area contributed by atoms with Crippen LogP contribution < -0.4 is 23.7 Å². The van der Waals surface area contributed by atoms with Gasteiger partial charge in [-0.15, -0.1) is 0 Å². The fourth-order valence-electron chi connectivity index (χ4n) is 2.47. The van der Waals surface area contributed by atoms with Crippen LogP contribution in [0, 0.1) is 11.8 Å². The van der Waals surface area contributed by atoms with Gasteiger partial charge in [-0.05, 0) is 30.3 Å². The molecular weight excluding hydrogens is 376 g/mol. The fraction of sp³-hybridized carbons (Fsp3) is 0.364. The second-order valence-electron chi connectivity index (χ2n) is 5.69.